The van der Waals surface area contributed by atoms with E-state index in [0.29, 0.717) is 4.99 Å². The Labute approximate surface area is 108 Å². The van der Waals surface area contributed by atoms with Gasteiger partial charge in [0.05, 0.1) is 10.7 Å². The number of hydrogen-bond donors (Lipinski definition) is 2. The molecule has 1 rings (SSSR count). The number of benzene rings is 1. The van der Waals surface area contributed by atoms with Crippen LogP contribution in [-0.4, -0.2) is 10.8 Å². The van der Waals surface area contributed by atoms with Crippen LogP contribution in [0.1, 0.15) is 30.5 Å². The predicted molar refractivity (Wildman–Crippen MR) is 78.0 cm³/mol. The number of aryl methyl sites for hydroxylation is 3. The first-order valence-electron chi connectivity index (χ1n) is 5.56. The van der Waals surface area contributed by atoms with Gasteiger partial charge in [0.2, 0.25) is 0 Å². The molecule has 17 heavy (non-hydrogen) atoms. The summed E-state index contributed by atoms with van der Waals surface area (Å²) in [5.41, 5.74) is 10.5. The third-order valence-corrected chi connectivity index (χ3v) is 2.44. The Hall–Kier alpha value is -1.42. The van der Waals surface area contributed by atoms with Crippen molar-refractivity contribution < 1.29 is 0 Å². The molecule has 0 radical (unpaired) electrons. The number of nitrogens with zero attached hydrogens (tertiary/aromatic N) is 1. The molecule has 0 spiro atoms. The quantitative estimate of drug-likeness (QED) is 0.347. The number of thiocarbonyl (C=S) groups is 1. The zero-order valence-electron chi connectivity index (χ0n) is 11.0. The van der Waals surface area contributed by atoms with Crippen LogP contribution in [0.3, 0.4) is 0 Å². The van der Waals surface area contributed by atoms with E-state index in [2.05, 4.69) is 48.7 Å². The van der Waals surface area contributed by atoms with Gasteiger partial charge in [-0.25, -0.2) is 4.99 Å². The summed E-state index contributed by atoms with van der Waals surface area (Å²) in [4.78, 5) is 5.25. The second kappa shape index (κ2) is 5.77. The molecule has 0 aliphatic carbocycles. The van der Waals surface area contributed by atoms with E-state index < -0.39 is 0 Å². The average Bonchev–Trinajstić information content (AvgIpc) is 2.20. The summed E-state index contributed by atoms with van der Waals surface area (Å²) in [6, 6.07) is 4.27. The molecule has 0 saturated heterocycles. The number of amidine groups is 1. The van der Waals surface area contributed by atoms with Crippen molar-refractivity contribution in [2.24, 2.45) is 4.99 Å². The van der Waals surface area contributed by atoms with E-state index in [0.717, 1.165) is 11.5 Å². The number of aliphatic imine (C=N–C) groups is 1. The van der Waals surface area contributed by atoms with Crippen molar-refractivity contribution in [3.05, 3.63) is 28.8 Å². The summed E-state index contributed by atoms with van der Waals surface area (Å²) in [5.74, 6) is 0.796. The highest BCUT2D eigenvalue weighted by atomic mass is 32.1. The monoisotopic (exact) mass is 249 g/mol. The summed E-state index contributed by atoms with van der Waals surface area (Å²) < 4.78 is 0. The number of rotatable bonds is 1. The van der Waals surface area contributed by atoms with Gasteiger partial charge in [0.15, 0.2) is 0 Å². The van der Waals surface area contributed by atoms with Gasteiger partial charge in [-0.05, 0) is 45.7 Å². The van der Waals surface area contributed by atoms with Gasteiger partial charge in [-0.1, -0.05) is 29.9 Å². The van der Waals surface area contributed by atoms with Crippen LogP contribution in [0.25, 0.3) is 0 Å². The van der Waals surface area contributed by atoms with Gasteiger partial charge >= 0.3 is 0 Å². The van der Waals surface area contributed by atoms with Crippen molar-refractivity contribution in [2.75, 3.05) is 0 Å². The van der Waals surface area contributed by atoms with E-state index in [1.54, 1.807) is 0 Å². The van der Waals surface area contributed by atoms with E-state index in [9.17, 15) is 0 Å². The molecule has 2 N–H and O–H groups in total. The van der Waals surface area contributed by atoms with E-state index >= 15 is 0 Å². The van der Waals surface area contributed by atoms with Gasteiger partial charge in [0.1, 0.15) is 5.84 Å². The SMILES string of the molecule is CC(=S)NNC(C)=Nc1c(C)cc(C)cc1C. The Morgan fingerprint density at radius 2 is 1.59 bits per heavy atom. The van der Waals surface area contributed by atoms with Crippen molar-refractivity contribution in [3.8, 4) is 0 Å². The topological polar surface area (TPSA) is 36.4 Å². The fourth-order valence-corrected chi connectivity index (χ4v) is 1.77. The molecule has 0 unspecified atom stereocenters. The van der Waals surface area contributed by atoms with Crippen molar-refractivity contribution in [1.82, 2.24) is 10.9 Å². The molecule has 0 heterocycles. The van der Waals surface area contributed by atoms with Crippen molar-refractivity contribution in [2.45, 2.75) is 34.6 Å². The predicted octanol–water partition coefficient (Wildman–Crippen LogP) is 3.10. The minimum Gasteiger partial charge on any atom is -0.293 e. The van der Waals surface area contributed by atoms with Gasteiger partial charge < -0.3 is 0 Å². The molecule has 4 heteroatoms. The molecule has 0 fully saturated rings. The lowest BCUT2D eigenvalue weighted by atomic mass is 10.1. The maximum absolute atomic E-state index is 4.92. The third kappa shape index (κ3) is 4.15. The van der Waals surface area contributed by atoms with Gasteiger partial charge in [-0.15, -0.1) is 0 Å². The lowest BCUT2D eigenvalue weighted by Crippen LogP contribution is -2.38. The van der Waals surface area contributed by atoms with E-state index in [1.807, 2.05) is 13.8 Å². The molecule has 0 atom stereocenters. The van der Waals surface area contributed by atoms with Crippen LogP contribution in [-0.2, 0) is 0 Å². The van der Waals surface area contributed by atoms with Crippen LogP contribution in [0.2, 0.25) is 0 Å². The largest absolute Gasteiger partial charge is 0.293 e. The Balaban J connectivity index is 2.93. The number of hydrazine groups is 1. The highest BCUT2D eigenvalue weighted by molar-refractivity contribution is 7.80. The van der Waals surface area contributed by atoms with Gasteiger partial charge in [0.25, 0.3) is 0 Å². The molecule has 0 saturated carbocycles. The Morgan fingerprint density at radius 1 is 1.06 bits per heavy atom. The van der Waals surface area contributed by atoms with Gasteiger partial charge in [-0.2, -0.15) is 0 Å². The minimum absolute atomic E-state index is 0.692. The highest BCUT2D eigenvalue weighted by Crippen LogP contribution is 2.24. The van der Waals surface area contributed by atoms with E-state index in [4.69, 9.17) is 12.2 Å². The van der Waals surface area contributed by atoms with Crippen LogP contribution < -0.4 is 10.9 Å². The molecule has 0 bridgehead atoms. The lowest BCUT2D eigenvalue weighted by molar-refractivity contribution is 0.867. The van der Waals surface area contributed by atoms with Crippen LogP contribution in [0.4, 0.5) is 5.69 Å². The number of nitrogens with one attached hydrogen (secondary N) is 2. The first-order valence-corrected chi connectivity index (χ1v) is 5.96. The normalized spacial score (nSPS) is 11.2. The molecule has 0 aliphatic rings. The maximum atomic E-state index is 4.92. The molecular weight excluding hydrogens is 230 g/mol. The second-order valence-electron chi connectivity index (χ2n) is 4.25. The smallest absolute Gasteiger partial charge is 0.118 e. The minimum atomic E-state index is 0.692. The summed E-state index contributed by atoms with van der Waals surface area (Å²) in [6.45, 7) is 9.96. The Morgan fingerprint density at radius 3 is 2.06 bits per heavy atom. The van der Waals surface area contributed by atoms with Gasteiger partial charge in [-0.3, -0.25) is 10.9 Å². The highest BCUT2D eigenvalue weighted by Gasteiger charge is 2.02. The molecule has 0 aliphatic heterocycles. The third-order valence-electron chi connectivity index (χ3n) is 2.33. The first-order chi connectivity index (χ1) is 7.90. The first kappa shape index (κ1) is 13.6. The Kier molecular flexibility index (Phi) is 4.63. The molecule has 1 aromatic carbocycles. The molecular formula is C13H19N3S. The van der Waals surface area contributed by atoms with E-state index in [1.165, 1.54) is 16.7 Å². The van der Waals surface area contributed by atoms with Crippen LogP contribution in [0.15, 0.2) is 17.1 Å². The summed E-state index contributed by atoms with van der Waals surface area (Å²) in [6.07, 6.45) is 0. The standard InChI is InChI=1S/C13H19N3S/c1-8-6-9(2)13(10(3)7-8)14-11(4)15-16-12(5)17/h6-7H,1-5H3,(H,14,15)(H,16,17). The molecule has 3 nitrogen and oxygen atoms in total. The van der Waals surface area contributed by atoms with Gasteiger partial charge in [0, 0.05) is 0 Å². The van der Waals surface area contributed by atoms with Crippen LogP contribution in [0, 0.1) is 20.8 Å². The molecule has 1 aromatic rings. The summed E-state index contributed by atoms with van der Waals surface area (Å²) >= 11 is 4.92. The van der Waals surface area contributed by atoms with Crippen molar-refractivity contribution in [3.63, 3.8) is 0 Å². The lowest BCUT2D eigenvalue weighted by Gasteiger charge is -2.10. The van der Waals surface area contributed by atoms with Crippen LogP contribution in [0.5, 0.6) is 0 Å². The zero-order chi connectivity index (χ0) is 13.0. The van der Waals surface area contributed by atoms with Crippen molar-refractivity contribution >= 4 is 28.7 Å². The van der Waals surface area contributed by atoms with E-state index in [-0.39, 0.29) is 0 Å². The van der Waals surface area contributed by atoms with Crippen molar-refractivity contribution in [1.29, 1.82) is 0 Å². The average molecular weight is 249 g/mol. The summed E-state index contributed by atoms with van der Waals surface area (Å²) in [7, 11) is 0. The fraction of sp³-hybridized carbons (Fsp3) is 0.385. The zero-order valence-corrected chi connectivity index (χ0v) is 11.8. The fourth-order valence-electron chi connectivity index (χ4n) is 1.72. The molecule has 92 valence electrons. The molecule has 0 aromatic heterocycles. The molecule has 0 amide bonds. The number of hydrogen-bond acceptors (Lipinski definition) is 2. The summed E-state index contributed by atoms with van der Waals surface area (Å²) in [5, 5.41) is 0. The van der Waals surface area contributed by atoms with Crippen LogP contribution >= 0.6 is 12.2 Å². The Bertz CT molecular complexity index is 441. The second-order valence-corrected chi connectivity index (χ2v) is 4.86. The maximum Gasteiger partial charge on any atom is 0.118 e.